The molecule has 0 aromatic heterocycles. The molecule has 1 aliphatic rings. The summed E-state index contributed by atoms with van der Waals surface area (Å²) in [4.78, 5) is 22.4. The summed E-state index contributed by atoms with van der Waals surface area (Å²) < 4.78 is 43.7. The van der Waals surface area contributed by atoms with Gasteiger partial charge in [-0.1, -0.05) is 12.1 Å². The number of alkyl halides is 3. The van der Waals surface area contributed by atoms with E-state index in [1.54, 1.807) is 24.3 Å². The Morgan fingerprint density at radius 1 is 1.24 bits per heavy atom. The van der Waals surface area contributed by atoms with Gasteiger partial charge in [0.15, 0.2) is 0 Å². The van der Waals surface area contributed by atoms with Gasteiger partial charge < -0.3 is 15.4 Å². The summed E-state index contributed by atoms with van der Waals surface area (Å²) in [5.74, 6) is -0.244. The Morgan fingerprint density at radius 2 is 2.03 bits per heavy atom. The fraction of sp³-hybridized carbons (Fsp3) is 0.316. The van der Waals surface area contributed by atoms with Crippen LogP contribution in [0.1, 0.15) is 24.0 Å². The molecular formula is C19H18F3N3O4. The van der Waals surface area contributed by atoms with Crippen molar-refractivity contribution in [1.82, 2.24) is 0 Å². The van der Waals surface area contributed by atoms with Crippen LogP contribution < -0.4 is 10.6 Å². The van der Waals surface area contributed by atoms with Crippen molar-refractivity contribution in [2.45, 2.75) is 31.7 Å². The van der Waals surface area contributed by atoms with E-state index < -0.39 is 28.5 Å². The van der Waals surface area contributed by atoms with Gasteiger partial charge in [0, 0.05) is 24.9 Å². The van der Waals surface area contributed by atoms with Crippen molar-refractivity contribution in [2.24, 2.45) is 0 Å². The summed E-state index contributed by atoms with van der Waals surface area (Å²) in [7, 11) is 0. The zero-order valence-electron chi connectivity index (χ0n) is 15.2. The molecule has 1 fully saturated rings. The first-order valence-electron chi connectivity index (χ1n) is 8.85. The molecule has 0 radical (unpaired) electrons. The molecule has 1 saturated heterocycles. The molecule has 0 spiro atoms. The SMILES string of the molecule is O=C(Nc1cccc(CNc2ccc(C(F)(F)F)cc2[N+](=O)[O-])c1)C1CCCO1. The Bertz CT molecular complexity index is 912. The molecule has 2 aromatic rings. The van der Waals surface area contributed by atoms with Crippen LogP contribution in [0, 0.1) is 10.1 Å². The number of ether oxygens (including phenoxy) is 1. The van der Waals surface area contributed by atoms with Crippen molar-refractivity contribution in [1.29, 1.82) is 0 Å². The van der Waals surface area contributed by atoms with E-state index in [4.69, 9.17) is 4.74 Å². The molecule has 29 heavy (non-hydrogen) atoms. The lowest BCUT2D eigenvalue weighted by Crippen LogP contribution is -2.26. The quantitative estimate of drug-likeness (QED) is 0.547. The number of anilines is 2. The van der Waals surface area contributed by atoms with E-state index >= 15 is 0 Å². The number of nitrogens with one attached hydrogen (secondary N) is 2. The smallest absolute Gasteiger partial charge is 0.375 e. The van der Waals surface area contributed by atoms with Gasteiger partial charge in [0.1, 0.15) is 11.8 Å². The normalized spacial score (nSPS) is 16.4. The van der Waals surface area contributed by atoms with Gasteiger partial charge in [0.2, 0.25) is 0 Å². The van der Waals surface area contributed by atoms with Crippen molar-refractivity contribution in [3.63, 3.8) is 0 Å². The average molecular weight is 409 g/mol. The first-order valence-corrected chi connectivity index (χ1v) is 8.85. The number of amides is 1. The minimum Gasteiger partial charge on any atom is -0.375 e. The van der Waals surface area contributed by atoms with Crippen LogP contribution >= 0.6 is 0 Å². The number of carbonyl (C=O) groups excluding carboxylic acids is 1. The van der Waals surface area contributed by atoms with E-state index in [1.165, 1.54) is 0 Å². The third-order valence-corrected chi connectivity index (χ3v) is 4.42. The summed E-state index contributed by atoms with van der Waals surface area (Å²) in [6, 6.07) is 9.11. The zero-order chi connectivity index (χ0) is 21.0. The van der Waals surface area contributed by atoms with Crippen LogP contribution in [0.5, 0.6) is 0 Å². The number of rotatable bonds is 6. The largest absolute Gasteiger partial charge is 0.416 e. The first kappa shape index (κ1) is 20.6. The van der Waals surface area contributed by atoms with Crippen molar-refractivity contribution in [3.05, 3.63) is 63.7 Å². The highest BCUT2D eigenvalue weighted by atomic mass is 19.4. The van der Waals surface area contributed by atoms with E-state index in [-0.39, 0.29) is 18.1 Å². The Morgan fingerprint density at radius 3 is 2.69 bits per heavy atom. The van der Waals surface area contributed by atoms with Crippen LogP contribution in [0.15, 0.2) is 42.5 Å². The molecule has 1 atom stereocenters. The lowest BCUT2D eigenvalue weighted by Gasteiger charge is -2.13. The fourth-order valence-corrected chi connectivity index (χ4v) is 2.97. The molecule has 0 saturated carbocycles. The predicted molar refractivity (Wildman–Crippen MR) is 99.5 cm³/mol. The van der Waals surface area contributed by atoms with E-state index in [9.17, 15) is 28.1 Å². The minimum absolute atomic E-state index is 0.0307. The number of halogens is 3. The second-order valence-electron chi connectivity index (χ2n) is 6.53. The van der Waals surface area contributed by atoms with Gasteiger partial charge in [0.05, 0.1) is 10.5 Å². The second-order valence-corrected chi connectivity index (χ2v) is 6.53. The first-order chi connectivity index (χ1) is 13.7. The van der Waals surface area contributed by atoms with Crippen molar-refractivity contribution >= 4 is 23.0 Å². The highest BCUT2D eigenvalue weighted by molar-refractivity contribution is 5.94. The lowest BCUT2D eigenvalue weighted by atomic mass is 10.1. The van der Waals surface area contributed by atoms with Crippen LogP contribution in [0.3, 0.4) is 0 Å². The van der Waals surface area contributed by atoms with Gasteiger partial charge in [-0.05, 0) is 42.7 Å². The third-order valence-electron chi connectivity index (χ3n) is 4.42. The Labute approximate surface area is 164 Å². The molecule has 1 heterocycles. The number of nitro groups is 1. The Balaban J connectivity index is 1.69. The van der Waals surface area contributed by atoms with Gasteiger partial charge in [-0.3, -0.25) is 14.9 Å². The summed E-state index contributed by atoms with van der Waals surface area (Å²) in [6.07, 6.45) is -3.66. The van der Waals surface area contributed by atoms with Crippen LogP contribution in [0.4, 0.5) is 30.2 Å². The fourth-order valence-electron chi connectivity index (χ4n) is 2.97. The summed E-state index contributed by atoms with van der Waals surface area (Å²) in [5, 5.41) is 16.7. The molecular weight excluding hydrogens is 391 g/mol. The molecule has 1 aliphatic heterocycles. The van der Waals surface area contributed by atoms with E-state index in [2.05, 4.69) is 10.6 Å². The van der Waals surface area contributed by atoms with Crippen LogP contribution in [0.2, 0.25) is 0 Å². The van der Waals surface area contributed by atoms with Gasteiger partial charge >= 0.3 is 6.18 Å². The molecule has 7 nitrogen and oxygen atoms in total. The minimum atomic E-state index is -4.67. The number of carbonyl (C=O) groups is 1. The maximum Gasteiger partial charge on any atom is 0.416 e. The summed E-state index contributed by atoms with van der Waals surface area (Å²) in [6.45, 7) is 0.670. The van der Waals surface area contributed by atoms with Gasteiger partial charge in [0.25, 0.3) is 11.6 Å². The standard InChI is InChI=1S/C19H18F3N3O4/c20-19(21,22)13-6-7-15(16(10-13)25(27)28)23-11-12-3-1-4-14(9-12)24-18(26)17-5-2-8-29-17/h1,3-4,6-7,9-10,17,23H,2,5,8,11H2,(H,24,26). The number of hydrogen-bond donors (Lipinski definition) is 2. The summed E-state index contributed by atoms with van der Waals surface area (Å²) in [5.41, 5.74) is -0.566. The molecule has 1 unspecified atom stereocenters. The predicted octanol–water partition coefficient (Wildman–Crippen LogP) is 4.34. The molecule has 10 heteroatoms. The number of nitro benzene ring substituents is 1. The molecule has 2 aromatic carbocycles. The lowest BCUT2D eigenvalue weighted by molar-refractivity contribution is -0.384. The Kier molecular flexibility index (Phi) is 6.02. The molecule has 3 rings (SSSR count). The molecule has 2 N–H and O–H groups in total. The second kappa shape index (κ2) is 8.48. The van der Waals surface area contributed by atoms with Crippen LogP contribution in [0.25, 0.3) is 0 Å². The van der Waals surface area contributed by atoms with Crippen molar-refractivity contribution < 1.29 is 27.6 Å². The van der Waals surface area contributed by atoms with Crippen LogP contribution in [-0.2, 0) is 22.3 Å². The number of benzene rings is 2. The maximum absolute atomic E-state index is 12.8. The Hall–Kier alpha value is -3.14. The highest BCUT2D eigenvalue weighted by Crippen LogP contribution is 2.35. The highest BCUT2D eigenvalue weighted by Gasteiger charge is 2.33. The average Bonchev–Trinajstić information content (AvgIpc) is 3.20. The monoisotopic (exact) mass is 409 g/mol. The number of nitrogens with zero attached hydrogens (tertiary/aromatic N) is 1. The van der Waals surface area contributed by atoms with Crippen molar-refractivity contribution in [3.8, 4) is 0 Å². The zero-order valence-corrected chi connectivity index (χ0v) is 15.2. The van der Waals surface area contributed by atoms with Crippen molar-refractivity contribution in [2.75, 3.05) is 17.2 Å². The van der Waals surface area contributed by atoms with Crippen LogP contribution in [-0.4, -0.2) is 23.5 Å². The topological polar surface area (TPSA) is 93.5 Å². The van der Waals surface area contributed by atoms with Gasteiger partial charge in [-0.2, -0.15) is 13.2 Å². The molecule has 0 bridgehead atoms. The molecule has 1 amide bonds. The van der Waals surface area contributed by atoms with Gasteiger partial charge in [-0.15, -0.1) is 0 Å². The van der Waals surface area contributed by atoms with E-state index in [0.717, 1.165) is 18.6 Å². The third kappa shape index (κ3) is 5.23. The summed E-state index contributed by atoms with van der Waals surface area (Å²) >= 11 is 0. The van der Waals surface area contributed by atoms with E-state index in [0.29, 0.717) is 30.3 Å². The van der Waals surface area contributed by atoms with Gasteiger partial charge in [-0.25, -0.2) is 0 Å². The number of hydrogen-bond acceptors (Lipinski definition) is 5. The van der Waals surface area contributed by atoms with E-state index in [1.807, 2.05) is 0 Å². The molecule has 0 aliphatic carbocycles. The molecule has 154 valence electrons. The maximum atomic E-state index is 12.8.